The minimum absolute atomic E-state index is 0.0439. The number of nitrogens with zero attached hydrogens (tertiary/aromatic N) is 1. The lowest BCUT2D eigenvalue weighted by molar-refractivity contribution is -0.125. The Morgan fingerprint density at radius 2 is 2.00 bits per heavy atom. The molecule has 4 heteroatoms. The molecule has 3 aliphatic carbocycles. The van der Waals surface area contributed by atoms with Gasteiger partial charge in [0.25, 0.3) is 0 Å². The Balaban J connectivity index is 1.38. The highest BCUT2D eigenvalue weighted by atomic mass is 16.2. The van der Waals surface area contributed by atoms with Gasteiger partial charge >= 0.3 is 0 Å². The second kappa shape index (κ2) is 7.40. The summed E-state index contributed by atoms with van der Waals surface area (Å²) in [6.07, 6.45) is 5.97. The van der Waals surface area contributed by atoms with E-state index in [0.717, 1.165) is 37.9 Å². The van der Waals surface area contributed by atoms with Crippen molar-refractivity contribution in [2.45, 2.75) is 51.7 Å². The Morgan fingerprint density at radius 3 is 2.67 bits per heavy atom. The first-order valence-electron chi connectivity index (χ1n) is 10.4. The molecule has 1 aliphatic heterocycles. The summed E-state index contributed by atoms with van der Waals surface area (Å²) in [7, 11) is 1.74. The highest BCUT2D eigenvalue weighted by Gasteiger charge is 2.51. The number of allylic oxidation sites excluding steroid dienone is 1. The molecule has 5 rings (SSSR count). The zero-order valence-electron chi connectivity index (χ0n) is 16.9. The number of nitrogens with one attached hydrogen (secondary N) is 2. The number of benzene rings is 1. The minimum atomic E-state index is -0.0439. The first kappa shape index (κ1) is 18.7. The van der Waals surface area contributed by atoms with Crippen LogP contribution in [0.5, 0.6) is 0 Å². The number of rotatable bonds is 6. The molecule has 4 atom stereocenters. The average molecular weight is 368 g/mol. The van der Waals surface area contributed by atoms with E-state index in [-0.39, 0.29) is 11.9 Å². The topological polar surface area (TPSA) is 44.4 Å². The van der Waals surface area contributed by atoms with Gasteiger partial charge in [0, 0.05) is 32.7 Å². The van der Waals surface area contributed by atoms with Crippen LogP contribution in [0.3, 0.4) is 0 Å². The normalized spacial score (nSPS) is 31.9. The number of hydrogen-bond acceptors (Lipinski definition) is 3. The maximum absolute atomic E-state index is 12.4. The molecular formula is C23H33N3O. The summed E-state index contributed by atoms with van der Waals surface area (Å²) >= 11 is 0. The Morgan fingerprint density at radius 1 is 1.22 bits per heavy atom. The second-order valence-electron chi connectivity index (χ2n) is 9.18. The van der Waals surface area contributed by atoms with Gasteiger partial charge in [0.05, 0.1) is 6.04 Å². The van der Waals surface area contributed by atoms with Gasteiger partial charge in [0.2, 0.25) is 5.91 Å². The van der Waals surface area contributed by atoms with Crippen LogP contribution in [0.25, 0.3) is 0 Å². The Hall–Kier alpha value is -1.65. The molecule has 1 heterocycles. The number of fused-ring (bicyclic) bond motifs is 1. The van der Waals surface area contributed by atoms with Gasteiger partial charge in [-0.2, -0.15) is 0 Å². The van der Waals surface area contributed by atoms with Crippen LogP contribution in [0.15, 0.2) is 42.0 Å². The average Bonchev–Trinajstić information content (AvgIpc) is 3.09. The molecule has 1 aromatic carbocycles. The third-order valence-electron chi connectivity index (χ3n) is 7.36. The lowest BCUT2D eigenvalue weighted by atomic mass is 9.49. The molecule has 4 nitrogen and oxygen atoms in total. The quantitative estimate of drug-likeness (QED) is 0.760. The van der Waals surface area contributed by atoms with Crippen LogP contribution in [0.1, 0.15) is 38.7 Å². The smallest absolute Gasteiger partial charge is 0.237 e. The van der Waals surface area contributed by atoms with E-state index in [9.17, 15) is 4.79 Å². The molecule has 0 aromatic heterocycles. The second-order valence-corrected chi connectivity index (χ2v) is 9.18. The van der Waals surface area contributed by atoms with Gasteiger partial charge in [-0.3, -0.25) is 9.69 Å². The third-order valence-corrected chi connectivity index (χ3v) is 7.36. The summed E-state index contributed by atoms with van der Waals surface area (Å²) < 4.78 is 0. The van der Waals surface area contributed by atoms with E-state index in [1.807, 2.05) is 6.07 Å². The molecule has 4 aliphatic rings. The standard InChI is InChI=1S/C23H33N3O/c1-23(2)18-10-9-17(20(23)11-18)13-25-19-12-21(22(27)24-3)26(15-19)14-16-7-5-4-6-8-16/h4-9,18-21,25H,10-15H2,1-3H3,(H,24,27)/t18-,19-,20-,21-/m0/s1. The number of likely N-dealkylation sites (tertiary alicyclic amines) is 1. The van der Waals surface area contributed by atoms with Crippen molar-refractivity contribution >= 4 is 5.91 Å². The number of carbonyl (C=O) groups is 1. The first-order valence-corrected chi connectivity index (χ1v) is 10.4. The third kappa shape index (κ3) is 3.57. The molecule has 1 aromatic rings. The summed E-state index contributed by atoms with van der Waals surface area (Å²) in [5.74, 6) is 1.77. The molecule has 27 heavy (non-hydrogen) atoms. The predicted octanol–water partition coefficient (Wildman–Crippen LogP) is 2.96. The van der Waals surface area contributed by atoms with E-state index in [0.29, 0.717) is 11.5 Å². The van der Waals surface area contributed by atoms with Crippen LogP contribution >= 0.6 is 0 Å². The van der Waals surface area contributed by atoms with Crippen molar-refractivity contribution in [2.75, 3.05) is 20.1 Å². The molecule has 2 fully saturated rings. The van der Waals surface area contributed by atoms with Gasteiger partial charge in [-0.1, -0.05) is 55.8 Å². The highest BCUT2D eigenvalue weighted by molar-refractivity contribution is 5.81. The monoisotopic (exact) mass is 367 g/mol. The highest BCUT2D eigenvalue weighted by Crippen LogP contribution is 2.59. The van der Waals surface area contributed by atoms with E-state index < -0.39 is 0 Å². The van der Waals surface area contributed by atoms with Crippen LogP contribution in [0.4, 0.5) is 0 Å². The molecule has 0 radical (unpaired) electrons. The van der Waals surface area contributed by atoms with Crippen LogP contribution in [-0.2, 0) is 11.3 Å². The van der Waals surface area contributed by atoms with Crippen molar-refractivity contribution in [3.05, 3.63) is 47.5 Å². The summed E-state index contributed by atoms with van der Waals surface area (Å²) in [4.78, 5) is 14.7. The van der Waals surface area contributed by atoms with E-state index in [4.69, 9.17) is 0 Å². The fourth-order valence-corrected chi connectivity index (χ4v) is 5.42. The van der Waals surface area contributed by atoms with Crippen molar-refractivity contribution in [1.29, 1.82) is 0 Å². The van der Waals surface area contributed by atoms with Crippen molar-refractivity contribution in [3.63, 3.8) is 0 Å². The molecular weight excluding hydrogens is 334 g/mol. The van der Waals surface area contributed by atoms with Gasteiger partial charge in [0.15, 0.2) is 0 Å². The summed E-state index contributed by atoms with van der Waals surface area (Å²) in [6.45, 7) is 7.59. The zero-order valence-corrected chi connectivity index (χ0v) is 16.9. The van der Waals surface area contributed by atoms with Gasteiger partial charge in [-0.15, -0.1) is 0 Å². The van der Waals surface area contributed by atoms with Crippen molar-refractivity contribution in [1.82, 2.24) is 15.5 Å². The molecule has 0 spiro atoms. The van der Waals surface area contributed by atoms with E-state index in [1.165, 1.54) is 18.4 Å². The Labute approximate surface area is 163 Å². The summed E-state index contributed by atoms with van der Waals surface area (Å²) in [5, 5.41) is 6.63. The molecule has 2 bridgehead atoms. The zero-order chi connectivity index (χ0) is 19.0. The van der Waals surface area contributed by atoms with Crippen LogP contribution < -0.4 is 10.6 Å². The fraction of sp³-hybridized carbons (Fsp3) is 0.609. The molecule has 1 saturated carbocycles. The summed E-state index contributed by atoms with van der Waals surface area (Å²) in [6, 6.07) is 10.8. The first-order chi connectivity index (χ1) is 13.0. The van der Waals surface area contributed by atoms with Crippen molar-refractivity contribution in [3.8, 4) is 0 Å². The number of carbonyl (C=O) groups excluding carboxylic acids is 1. The number of hydrogen-bond donors (Lipinski definition) is 2. The van der Waals surface area contributed by atoms with Crippen molar-refractivity contribution in [2.24, 2.45) is 17.3 Å². The SMILES string of the molecule is CNC(=O)[C@@H]1C[C@H](NCC2=CC[C@H]3C[C@@H]2C3(C)C)CN1Cc1ccccc1. The molecule has 1 saturated heterocycles. The van der Waals surface area contributed by atoms with E-state index >= 15 is 0 Å². The number of amides is 1. The van der Waals surface area contributed by atoms with Gasteiger partial charge < -0.3 is 10.6 Å². The maximum atomic E-state index is 12.4. The van der Waals surface area contributed by atoms with Gasteiger partial charge in [-0.25, -0.2) is 0 Å². The van der Waals surface area contributed by atoms with E-state index in [1.54, 1.807) is 12.6 Å². The largest absolute Gasteiger partial charge is 0.358 e. The van der Waals surface area contributed by atoms with Gasteiger partial charge in [-0.05, 0) is 42.1 Å². The molecule has 0 unspecified atom stereocenters. The lowest BCUT2D eigenvalue weighted by Crippen LogP contribution is -2.50. The van der Waals surface area contributed by atoms with Crippen LogP contribution in [0.2, 0.25) is 0 Å². The van der Waals surface area contributed by atoms with E-state index in [2.05, 4.69) is 59.7 Å². The molecule has 2 N–H and O–H groups in total. The Bertz CT molecular complexity index is 712. The van der Waals surface area contributed by atoms with Gasteiger partial charge in [0.1, 0.15) is 0 Å². The van der Waals surface area contributed by atoms with Crippen LogP contribution in [0, 0.1) is 17.3 Å². The van der Waals surface area contributed by atoms with Crippen LogP contribution in [-0.4, -0.2) is 43.0 Å². The lowest BCUT2D eigenvalue weighted by Gasteiger charge is -2.56. The number of likely N-dealkylation sites (N-methyl/N-ethyl adjacent to an activating group) is 1. The predicted molar refractivity (Wildman–Crippen MR) is 109 cm³/mol. The maximum Gasteiger partial charge on any atom is 0.237 e. The Kier molecular flexibility index (Phi) is 5.13. The minimum Gasteiger partial charge on any atom is -0.358 e. The molecule has 146 valence electrons. The fourth-order valence-electron chi connectivity index (χ4n) is 5.42. The molecule has 1 amide bonds. The summed E-state index contributed by atoms with van der Waals surface area (Å²) in [5.41, 5.74) is 3.34. The van der Waals surface area contributed by atoms with Crippen molar-refractivity contribution < 1.29 is 4.79 Å².